The third-order valence-electron chi connectivity index (χ3n) is 5.54. The Morgan fingerprint density at radius 3 is 2.96 bits per heavy atom. The number of aryl methyl sites for hydroxylation is 1. The molecule has 2 aliphatic heterocycles. The second-order valence-corrected chi connectivity index (χ2v) is 7.14. The third-order valence-corrected chi connectivity index (χ3v) is 5.54. The summed E-state index contributed by atoms with van der Waals surface area (Å²) in [6, 6.07) is 5.27. The van der Waals surface area contributed by atoms with Crippen LogP contribution in [0.25, 0.3) is 10.9 Å². The lowest BCUT2D eigenvalue weighted by Gasteiger charge is -2.37. The maximum absolute atomic E-state index is 13.5. The number of amides is 1. The smallest absolute Gasteiger partial charge is 0.222 e. The molecule has 0 aliphatic carbocycles. The molecule has 2 fully saturated rings. The van der Waals surface area contributed by atoms with E-state index in [2.05, 4.69) is 21.7 Å². The van der Waals surface area contributed by atoms with E-state index in [1.807, 2.05) is 6.07 Å². The van der Waals surface area contributed by atoms with Gasteiger partial charge in [0.25, 0.3) is 0 Å². The molecule has 128 valence electrons. The molecule has 1 N–H and O–H groups in total. The minimum atomic E-state index is -0.193. The molecule has 0 saturated carbocycles. The Morgan fingerprint density at radius 2 is 2.17 bits per heavy atom. The van der Waals surface area contributed by atoms with Gasteiger partial charge in [-0.25, -0.2) is 4.39 Å². The molecule has 0 bridgehead atoms. The van der Waals surface area contributed by atoms with E-state index in [4.69, 9.17) is 0 Å². The number of carbonyl (C=O) groups is 1. The normalized spacial score (nSPS) is 22.7. The number of carbonyl (C=O) groups excluding carboxylic acids is 1. The molecule has 0 spiro atoms. The maximum atomic E-state index is 13.5. The highest BCUT2D eigenvalue weighted by molar-refractivity contribution is 5.84. The first-order chi connectivity index (χ1) is 11.6. The number of fused-ring (bicyclic) bond motifs is 1. The van der Waals surface area contributed by atoms with E-state index in [9.17, 15) is 9.18 Å². The number of hydrogen-bond acceptors (Lipinski definition) is 2. The van der Waals surface area contributed by atoms with Crippen LogP contribution in [0.5, 0.6) is 0 Å². The Hall–Kier alpha value is -1.88. The molecule has 1 atom stereocenters. The Labute approximate surface area is 141 Å². The van der Waals surface area contributed by atoms with E-state index in [1.165, 1.54) is 6.07 Å². The summed E-state index contributed by atoms with van der Waals surface area (Å²) in [7, 11) is 0. The minimum absolute atomic E-state index is 0.193. The van der Waals surface area contributed by atoms with Gasteiger partial charge in [-0.1, -0.05) is 0 Å². The Bertz CT molecular complexity index is 769. The number of piperidine rings is 1. The van der Waals surface area contributed by atoms with Gasteiger partial charge < -0.3 is 9.88 Å². The fourth-order valence-electron chi connectivity index (χ4n) is 4.22. The molecule has 4 nitrogen and oxygen atoms in total. The maximum Gasteiger partial charge on any atom is 0.222 e. The van der Waals surface area contributed by atoms with Gasteiger partial charge in [0.05, 0.1) is 0 Å². The van der Waals surface area contributed by atoms with Gasteiger partial charge in [0.2, 0.25) is 5.91 Å². The lowest BCUT2D eigenvalue weighted by molar-refractivity contribution is -0.130. The molecule has 1 aromatic carbocycles. The number of nitrogens with one attached hydrogen (secondary N) is 1. The average Bonchev–Trinajstić information content (AvgIpc) is 3.13. The van der Waals surface area contributed by atoms with Crippen LogP contribution in [0.1, 0.15) is 36.9 Å². The van der Waals surface area contributed by atoms with Crippen molar-refractivity contribution in [1.82, 2.24) is 14.8 Å². The molecule has 2 saturated heterocycles. The molecule has 0 radical (unpaired) electrons. The summed E-state index contributed by atoms with van der Waals surface area (Å²) >= 11 is 0. The standard InChI is InChI=1S/C19H24FN3O/c1-13-16-10-14(20)6-7-17(16)21-18(13)12-22-8-2-4-15(11-22)23-9-3-5-19(23)24/h6-7,10,15,21H,2-5,8-9,11-12H2,1H3. The zero-order valence-electron chi connectivity index (χ0n) is 14.1. The topological polar surface area (TPSA) is 39.3 Å². The fraction of sp³-hybridized carbons (Fsp3) is 0.526. The molecule has 2 aliphatic rings. The number of hydrogen-bond donors (Lipinski definition) is 1. The van der Waals surface area contributed by atoms with Gasteiger partial charge in [-0.05, 0) is 56.5 Å². The second-order valence-electron chi connectivity index (χ2n) is 7.14. The zero-order valence-corrected chi connectivity index (χ0v) is 14.1. The van der Waals surface area contributed by atoms with Crippen LogP contribution in [0.3, 0.4) is 0 Å². The van der Waals surface area contributed by atoms with Gasteiger partial charge in [0.15, 0.2) is 0 Å². The minimum Gasteiger partial charge on any atom is -0.357 e. The molecule has 4 rings (SSSR count). The summed E-state index contributed by atoms with van der Waals surface area (Å²) in [5, 5.41) is 0.966. The van der Waals surface area contributed by atoms with Gasteiger partial charge in [-0.15, -0.1) is 0 Å². The Balaban J connectivity index is 1.50. The number of H-pyrrole nitrogens is 1. The van der Waals surface area contributed by atoms with Crippen molar-refractivity contribution in [3.05, 3.63) is 35.3 Å². The highest BCUT2D eigenvalue weighted by atomic mass is 19.1. The van der Waals surface area contributed by atoms with E-state index < -0.39 is 0 Å². The number of aromatic amines is 1. The monoisotopic (exact) mass is 329 g/mol. The zero-order chi connectivity index (χ0) is 16.7. The van der Waals surface area contributed by atoms with Crippen LogP contribution < -0.4 is 0 Å². The fourth-order valence-corrected chi connectivity index (χ4v) is 4.22. The highest BCUT2D eigenvalue weighted by Crippen LogP contribution is 2.26. The first-order valence-corrected chi connectivity index (χ1v) is 8.90. The van der Waals surface area contributed by atoms with Crippen LogP contribution in [0.4, 0.5) is 4.39 Å². The van der Waals surface area contributed by atoms with Crippen molar-refractivity contribution in [1.29, 1.82) is 0 Å². The van der Waals surface area contributed by atoms with Crippen LogP contribution in [0.2, 0.25) is 0 Å². The largest absolute Gasteiger partial charge is 0.357 e. The summed E-state index contributed by atoms with van der Waals surface area (Å²) in [6.45, 7) is 5.80. The lowest BCUT2D eigenvalue weighted by Crippen LogP contribution is -2.48. The summed E-state index contributed by atoms with van der Waals surface area (Å²) < 4.78 is 13.5. The van der Waals surface area contributed by atoms with Crippen LogP contribution >= 0.6 is 0 Å². The van der Waals surface area contributed by atoms with Crippen molar-refractivity contribution in [2.75, 3.05) is 19.6 Å². The van der Waals surface area contributed by atoms with Gasteiger partial charge in [-0.3, -0.25) is 9.69 Å². The lowest BCUT2D eigenvalue weighted by atomic mass is 10.0. The van der Waals surface area contributed by atoms with Crippen molar-refractivity contribution in [3.63, 3.8) is 0 Å². The second kappa shape index (κ2) is 6.20. The summed E-state index contributed by atoms with van der Waals surface area (Å²) in [5.74, 6) is 0.126. The first-order valence-electron chi connectivity index (χ1n) is 8.90. The third kappa shape index (κ3) is 2.81. The molecular formula is C19H24FN3O. The Kier molecular flexibility index (Phi) is 4.04. The quantitative estimate of drug-likeness (QED) is 0.939. The van der Waals surface area contributed by atoms with E-state index in [0.29, 0.717) is 18.4 Å². The average molecular weight is 329 g/mol. The van der Waals surface area contributed by atoms with E-state index in [0.717, 1.165) is 67.6 Å². The van der Waals surface area contributed by atoms with Crippen LogP contribution in [0, 0.1) is 12.7 Å². The number of nitrogens with zero attached hydrogens (tertiary/aromatic N) is 2. The number of benzene rings is 1. The van der Waals surface area contributed by atoms with Gasteiger partial charge >= 0.3 is 0 Å². The SMILES string of the molecule is Cc1c(CN2CCCC(N3CCCC3=O)C2)[nH]c2ccc(F)cc12. The molecule has 1 aromatic heterocycles. The first kappa shape index (κ1) is 15.6. The number of rotatable bonds is 3. The molecule has 2 aromatic rings. The van der Waals surface area contributed by atoms with Gasteiger partial charge in [-0.2, -0.15) is 0 Å². The molecule has 24 heavy (non-hydrogen) atoms. The van der Waals surface area contributed by atoms with Crippen molar-refractivity contribution in [2.24, 2.45) is 0 Å². The predicted octanol–water partition coefficient (Wildman–Crippen LogP) is 3.20. The van der Waals surface area contributed by atoms with Crippen molar-refractivity contribution in [3.8, 4) is 0 Å². The van der Waals surface area contributed by atoms with E-state index >= 15 is 0 Å². The van der Waals surface area contributed by atoms with Crippen molar-refractivity contribution in [2.45, 2.75) is 45.2 Å². The van der Waals surface area contributed by atoms with Crippen LogP contribution in [0.15, 0.2) is 18.2 Å². The van der Waals surface area contributed by atoms with Gasteiger partial charge in [0.1, 0.15) is 5.82 Å². The summed E-state index contributed by atoms with van der Waals surface area (Å²) in [5.41, 5.74) is 3.28. The summed E-state index contributed by atoms with van der Waals surface area (Å²) in [6.07, 6.45) is 3.95. The van der Waals surface area contributed by atoms with Gasteiger partial charge in [0, 0.05) is 48.7 Å². The number of aromatic nitrogens is 1. The molecule has 1 unspecified atom stereocenters. The molecule has 1 amide bonds. The van der Waals surface area contributed by atoms with Crippen LogP contribution in [-0.4, -0.2) is 46.4 Å². The summed E-state index contributed by atoms with van der Waals surface area (Å²) in [4.78, 5) is 20.0. The number of likely N-dealkylation sites (tertiary alicyclic amines) is 2. The van der Waals surface area contributed by atoms with Crippen molar-refractivity contribution >= 4 is 16.8 Å². The molecule has 3 heterocycles. The molecular weight excluding hydrogens is 305 g/mol. The van der Waals surface area contributed by atoms with E-state index in [1.54, 1.807) is 6.07 Å². The number of halogens is 1. The predicted molar refractivity (Wildman–Crippen MR) is 92.2 cm³/mol. The van der Waals surface area contributed by atoms with Crippen LogP contribution in [-0.2, 0) is 11.3 Å². The Morgan fingerprint density at radius 1 is 1.29 bits per heavy atom. The van der Waals surface area contributed by atoms with Crippen molar-refractivity contribution < 1.29 is 9.18 Å². The van der Waals surface area contributed by atoms with E-state index in [-0.39, 0.29) is 5.82 Å². The molecule has 5 heteroatoms. The highest BCUT2D eigenvalue weighted by Gasteiger charge is 2.31.